The van der Waals surface area contributed by atoms with E-state index in [9.17, 15) is 35.1 Å². The molecule has 5 N–H and O–H groups in total. The van der Waals surface area contributed by atoms with Gasteiger partial charge < -0.3 is 49.2 Å². The van der Waals surface area contributed by atoms with Crippen LogP contribution >= 0.6 is 0 Å². The molecule has 0 bridgehead atoms. The number of hydrogen-bond acceptors (Lipinski definition) is 12. The highest BCUT2D eigenvalue weighted by Crippen LogP contribution is 2.44. The second kappa shape index (κ2) is 11.8. The van der Waals surface area contributed by atoms with Gasteiger partial charge in [0.15, 0.2) is 6.29 Å². The van der Waals surface area contributed by atoms with Crippen molar-refractivity contribution in [2.24, 2.45) is 29.6 Å². The summed E-state index contributed by atoms with van der Waals surface area (Å²) in [7, 11) is 0. The van der Waals surface area contributed by atoms with E-state index in [-0.39, 0.29) is 42.3 Å². The third-order valence-corrected chi connectivity index (χ3v) is 8.10. The second-order valence-corrected chi connectivity index (χ2v) is 10.2. The van der Waals surface area contributed by atoms with E-state index in [4.69, 9.17) is 23.7 Å². The van der Waals surface area contributed by atoms with Crippen LogP contribution in [0.2, 0.25) is 0 Å². The number of carbonyl (C=O) groups excluding carboxylic acids is 2. The number of hydrogen-bond donors (Lipinski definition) is 5. The van der Waals surface area contributed by atoms with E-state index in [1.807, 2.05) is 6.92 Å². The van der Waals surface area contributed by atoms with Gasteiger partial charge in [-0.05, 0) is 24.7 Å². The molecule has 0 aromatic carbocycles. The van der Waals surface area contributed by atoms with Gasteiger partial charge in [0, 0.05) is 30.8 Å². The lowest BCUT2D eigenvalue weighted by atomic mass is 9.81. The summed E-state index contributed by atoms with van der Waals surface area (Å²) in [4.78, 5) is 24.9. The van der Waals surface area contributed by atoms with Gasteiger partial charge in [0.1, 0.15) is 30.5 Å². The predicted molar refractivity (Wildman–Crippen MR) is 123 cm³/mol. The molecule has 0 amide bonds. The summed E-state index contributed by atoms with van der Waals surface area (Å²) >= 11 is 0. The van der Waals surface area contributed by atoms with Gasteiger partial charge in [-0.1, -0.05) is 13.0 Å². The van der Waals surface area contributed by atoms with Crippen molar-refractivity contribution >= 4 is 11.9 Å². The topological polar surface area (TPSA) is 181 Å². The van der Waals surface area contributed by atoms with Crippen LogP contribution in [0.1, 0.15) is 26.2 Å². The molecule has 3 fully saturated rings. The van der Waals surface area contributed by atoms with Gasteiger partial charge in [-0.15, -0.1) is 6.58 Å². The minimum Gasteiger partial charge on any atom is -0.471 e. The molecule has 3 aliphatic heterocycles. The van der Waals surface area contributed by atoms with Crippen molar-refractivity contribution in [1.29, 1.82) is 0 Å². The summed E-state index contributed by atoms with van der Waals surface area (Å²) in [6.07, 6.45) is -5.26. The fourth-order valence-electron chi connectivity index (χ4n) is 5.85. The molecule has 4 rings (SSSR count). The lowest BCUT2D eigenvalue weighted by Gasteiger charge is -2.43. The Morgan fingerprint density at radius 2 is 1.95 bits per heavy atom. The molecule has 1 saturated carbocycles. The minimum atomic E-state index is -1.64. The van der Waals surface area contributed by atoms with Crippen LogP contribution in [-0.2, 0) is 33.3 Å². The van der Waals surface area contributed by atoms with Gasteiger partial charge in [0.05, 0.1) is 25.0 Å². The first-order valence-electron chi connectivity index (χ1n) is 12.6. The summed E-state index contributed by atoms with van der Waals surface area (Å²) in [5, 5.41) is 49.5. The maximum atomic E-state index is 13.2. The zero-order valence-electron chi connectivity index (χ0n) is 20.6. The normalized spacial score (nSPS) is 43.7. The van der Waals surface area contributed by atoms with Crippen LogP contribution < -0.4 is 0 Å². The lowest BCUT2D eigenvalue weighted by molar-refractivity contribution is -0.339. The summed E-state index contributed by atoms with van der Waals surface area (Å²) in [6.45, 7) is 5.21. The van der Waals surface area contributed by atoms with Crippen molar-refractivity contribution in [3.8, 4) is 0 Å². The van der Waals surface area contributed by atoms with E-state index in [1.165, 1.54) is 12.3 Å². The van der Waals surface area contributed by atoms with Crippen molar-refractivity contribution in [3.05, 3.63) is 24.5 Å². The molecule has 2 saturated heterocycles. The first-order chi connectivity index (χ1) is 17.7. The minimum absolute atomic E-state index is 0.000852. The Morgan fingerprint density at radius 1 is 1.19 bits per heavy atom. The first kappa shape index (κ1) is 28.0. The molecule has 0 spiro atoms. The molecule has 0 radical (unpaired) electrons. The number of aliphatic hydroxyl groups is 5. The smallest absolute Gasteiger partial charge is 0.337 e. The van der Waals surface area contributed by atoms with Gasteiger partial charge in [0.25, 0.3) is 0 Å². The maximum Gasteiger partial charge on any atom is 0.337 e. The Balaban J connectivity index is 1.47. The predicted octanol–water partition coefficient (Wildman–Crippen LogP) is -1.03. The summed E-state index contributed by atoms with van der Waals surface area (Å²) < 4.78 is 27.9. The number of rotatable bonds is 8. The van der Waals surface area contributed by atoms with E-state index in [0.29, 0.717) is 19.4 Å². The van der Waals surface area contributed by atoms with Gasteiger partial charge in [-0.2, -0.15) is 0 Å². The highest BCUT2D eigenvalue weighted by atomic mass is 16.8. The van der Waals surface area contributed by atoms with Crippen molar-refractivity contribution in [1.82, 2.24) is 0 Å². The Bertz CT molecular complexity index is 874. The Morgan fingerprint density at radius 3 is 2.62 bits per heavy atom. The first-order valence-corrected chi connectivity index (χ1v) is 12.6. The molecular formula is C25H36O12. The van der Waals surface area contributed by atoms with Crippen molar-refractivity contribution in [3.63, 3.8) is 0 Å². The van der Waals surface area contributed by atoms with Gasteiger partial charge in [0.2, 0.25) is 6.29 Å². The van der Waals surface area contributed by atoms with E-state index in [2.05, 4.69) is 6.58 Å². The fraction of sp³-hybridized carbons (Fsp3) is 0.760. The van der Waals surface area contributed by atoms with Gasteiger partial charge >= 0.3 is 11.9 Å². The molecular weight excluding hydrogens is 492 g/mol. The zero-order chi connectivity index (χ0) is 26.9. The molecule has 0 aromatic rings. The number of cyclic esters (lactones) is 1. The van der Waals surface area contributed by atoms with Gasteiger partial charge in [-0.3, -0.25) is 4.79 Å². The molecule has 12 nitrogen and oxygen atoms in total. The summed E-state index contributed by atoms with van der Waals surface area (Å²) in [5.74, 6) is -1.93. The Kier molecular flexibility index (Phi) is 8.89. The molecule has 4 aliphatic rings. The van der Waals surface area contributed by atoms with Crippen LogP contribution in [0.15, 0.2) is 24.5 Å². The monoisotopic (exact) mass is 528 g/mol. The molecule has 1 aliphatic carbocycles. The SMILES string of the molecule is C=C[C@H]1[C@@H](O[C@@H]2O[C@H](CO)[C@H](O)[C@H](O)[C@@H]2O)OC=C(C(=O)O[C@H]2C[C@@H]3CC(=O)OC[C@H]3[C@H]2C)[C@H]1CCO. The Labute approximate surface area is 214 Å². The molecule has 0 aromatic heterocycles. The number of esters is 2. The Hall–Kier alpha value is -2.06. The molecule has 0 unspecified atom stereocenters. The van der Waals surface area contributed by atoms with Gasteiger partial charge in [-0.25, -0.2) is 4.79 Å². The van der Waals surface area contributed by atoms with Crippen LogP contribution in [0.4, 0.5) is 0 Å². The van der Waals surface area contributed by atoms with Crippen LogP contribution in [0.25, 0.3) is 0 Å². The van der Waals surface area contributed by atoms with E-state index >= 15 is 0 Å². The molecule has 12 atom stereocenters. The van der Waals surface area contributed by atoms with E-state index in [0.717, 1.165) is 0 Å². The zero-order valence-corrected chi connectivity index (χ0v) is 20.6. The summed E-state index contributed by atoms with van der Waals surface area (Å²) in [6, 6.07) is 0. The van der Waals surface area contributed by atoms with Crippen LogP contribution in [0.3, 0.4) is 0 Å². The molecule has 12 heteroatoms. The second-order valence-electron chi connectivity index (χ2n) is 10.2. The van der Waals surface area contributed by atoms with E-state index in [1.54, 1.807) is 0 Å². The number of ether oxygens (including phenoxy) is 5. The highest BCUT2D eigenvalue weighted by molar-refractivity contribution is 5.89. The molecule has 3 heterocycles. The number of aliphatic hydroxyl groups excluding tert-OH is 5. The largest absolute Gasteiger partial charge is 0.471 e. The average Bonchev–Trinajstić information content (AvgIpc) is 3.18. The highest BCUT2D eigenvalue weighted by Gasteiger charge is 2.49. The molecule has 37 heavy (non-hydrogen) atoms. The third-order valence-electron chi connectivity index (χ3n) is 8.10. The fourth-order valence-corrected chi connectivity index (χ4v) is 5.85. The third kappa shape index (κ3) is 5.56. The van der Waals surface area contributed by atoms with Crippen LogP contribution in [-0.4, -0.2) is 100 Å². The van der Waals surface area contributed by atoms with E-state index < -0.39 is 67.5 Å². The average molecular weight is 529 g/mol. The quantitative estimate of drug-likeness (QED) is 0.191. The number of carbonyl (C=O) groups is 2. The standard InChI is InChI=1S/C25H36O12/c1-3-13-14(4-5-26)16(23(32)35-17-6-12-7-19(28)33-9-15(12)11(17)2)10-34-24(13)37-25-22(31)21(30)20(29)18(8-27)36-25/h3,10-15,17-18,20-22,24-27,29-31H,1,4-9H2,2H3/t11-,12-,13-,14+,15+,17+,18-,20+,21+,22+,24-,25+/m1/s1. The molecule has 208 valence electrons. The van der Waals surface area contributed by atoms with Crippen molar-refractivity contribution in [2.75, 3.05) is 19.8 Å². The van der Waals surface area contributed by atoms with Crippen LogP contribution in [0.5, 0.6) is 0 Å². The van der Waals surface area contributed by atoms with Crippen molar-refractivity contribution in [2.45, 2.75) is 69.3 Å². The van der Waals surface area contributed by atoms with Crippen LogP contribution in [0, 0.1) is 29.6 Å². The lowest BCUT2D eigenvalue weighted by Crippen LogP contribution is -2.60. The maximum absolute atomic E-state index is 13.2. The summed E-state index contributed by atoms with van der Waals surface area (Å²) in [5.41, 5.74) is 0.182. The number of fused-ring (bicyclic) bond motifs is 1. The van der Waals surface area contributed by atoms with Crippen molar-refractivity contribution < 1.29 is 58.8 Å².